The Hall–Kier alpha value is -5.82. The Bertz CT molecular complexity index is 2000. The van der Waals surface area contributed by atoms with E-state index in [0.29, 0.717) is 28.2 Å². The van der Waals surface area contributed by atoms with Gasteiger partial charge in [0, 0.05) is 46.7 Å². The number of aliphatic hydroxyl groups is 1. The summed E-state index contributed by atoms with van der Waals surface area (Å²) < 4.78 is 22.5. The second-order valence-electron chi connectivity index (χ2n) is 11.2. The summed E-state index contributed by atoms with van der Waals surface area (Å²) in [6.07, 6.45) is -0.980. The molecule has 1 fully saturated rings. The molecule has 4 aromatic rings. The third kappa shape index (κ3) is 5.95. The summed E-state index contributed by atoms with van der Waals surface area (Å²) in [4.78, 5) is 62.5. The first-order valence-corrected chi connectivity index (χ1v) is 14.7. The third-order valence-electron chi connectivity index (χ3n) is 8.35. The maximum Gasteiger partial charge on any atom is 0.363 e. The Labute approximate surface area is 266 Å². The third-order valence-corrected chi connectivity index (χ3v) is 8.35. The van der Waals surface area contributed by atoms with Crippen LogP contribution in [0.3, 0.4) is 0 Å². The minimum atomic E-state index is -1.08. The van der Waals surface area contributed by atoms with Gasteiger partial charge in [0.1, 0.15) is 36.0 Å². The number of nitrogens with zero attached hydrogens (tertiary/aromatic N) is 2. The van der Waals surface area contributed by atoms with Gasteiger partial charge in [-0.3, -0.25) is 14.9 Å². The molecule has 2 aliphatic heterocycles. The molecule has 0 spiro atoms. The van der Waals surface area contributed by atoms with Gasteiger partial charge in [-0.2, -0.15) is 0 Å². The second-order valence-corrected chi connectivity index (χ2v) is 11.2. The predicted octanol–water partition coefficient (Wildman–Crippen LogP) is 4.15. The summed E-state index contributed by atoms with van der Waals surface area (Å²) in [5.41, 5.74) is 0.474. The molecule has 1 amide bonds. The second kappa shape index (κ2) is 12.5. The quantitative estimate of drug-likeness (QED) is 0.0658. The van der Waals surface area contributed by atoms with Crippen LogP contribution in [0.4, 0.5) is 5.69 Å². The van der Waals surface area contributed by atoms with Gasteiger partial charge in [0.2, 0.25) is 5.91 Å². The van der Waals surface area contributed by atoms with E-state index in [2.05, 4.69) is 0 Å². The van der Waals surface area contributed by atoms with Gasteiger partial charge in [0.05, 0.1) is 28.6 Å². The van der Waals surface area contributed by atoms with Gasteiger partial charge in [-0.25, -0.2) is 14.4 Å². The van der Waals surface area contributed by atoms with Crippen molar-refractivity contribution in [3.8, 4) is 11.5 Å². The van der Waals surface area contributed by atoms with Crippen LogP contribution in [0.2, 0.25) is 0 Å². The molecule has 1 N–H and O–H groups in total. The molecule has 0 saturated carbocycles. The normalized spacial score (nSPS) is 19.2. The Balaban J connectivity index is 1.22. The van der Waals surface area contributed by atoms with E-state index in [-0.39, 0.29) is 30.2 Å². The molecule has 240 valence electrons. The van der Waals surface area contributed by atoms with Crippen LogP contribution in [0.25, 0.3) is 11.0 Å². The lowest BCUT2D eigenvalue weighted by Crippen LogP contribution is -2.63. The average Bonchev–Trinajstić information content (AvgIpc) is 3.30. The fraction of sp³-hybridized carbons (Fsp3) is 0.235. The van der Waals surface area contributed by atoms with Crippen LogP contribution >= 0.6 is 0 Å². The number of aliphatic hydroxyl groups excluding tert-OH is 1. The van der Waals surface area contributed by atoms with E-state index in [1.54, 1.807) is 55.5 Å². The number of β-lactam (4-membered cyclic amide) rings is 1. The van der Waals surface area contributed by atoms with Crippen LogP contribution in [-0.4, -0.2) is 51.5 Å². The first-order chi connectivity index (χ1) is 22.5. The lowest BCUT2D eigenvalue weighted by atomic mass is 9.78. The Kier molecular flexibility index (Phi) is 8.31. The van der Waals surface area contributed by atoms with Crippen molar-refractivity contribution in [2.45, 2.75) is 32.6 Å². The molecular formula is C34H28N2O11. The van der Waals surface area contributed by atoms with Crippen molar-refractivity contribution >= 4 is 34.5 Å². The molecular weight excluding hydrogens is 612 g/mol. The molecule has 0 bridgehead atoms. The highest BCUT2D eigenvalue weighted by Crippen LogP contribution is 2.47. The van der Waals surface area contributed by atoms with E-state index in [0.717, 1.165) is 29.7 Å². The average molecular weight is 641 g/mol. The molecule has 1 aromatic heterocycles. The summed E-state index contributed by atoms with van der Waals surface area (Å²) in [5, 5.41) is 22.0. The molecule has 13 heteroatoms. The summed E-state index contributed by atoms with van der Waals surface area (Å²) in [5.74, 6) is -2.92. The number of para-hydroxylation sites is 1. The van der Waals surface area contributed by atoms with Crippen molar-refractivity contribution in [1.82, 2.24) is 4.90 Å². The number of benzene rings is 3. The number of nitro groups is 1. The molecule has 47 heavy (non-hydrogen) atoms. The Morgan fingerprint density at radius 1 is 0.979 bits per heavy atom. The zero-order valence-corrected chi connectivity index (χ0v) is 25.2. The monoisotopic (exact) mass is 640 g/mol. The molecule has 3 aromatic carbocycles. The highest BCUT2D eigenvalue weighted by molar-refractivity contribution is 6.06. The standard InChI is InChI=1S/C34H28N2O11/c1-18-25(17-45-26-6-4-3-5-22(26)16-44-24-13-9-20-10-14-28(38)46-27(20)15-24)31(35-30(18)29(19(2)37)32(35)39)34(41)47-33(40)21-7-11-23(12-8-21)36(42)43/h3-15,18-19,29-30,37H,16-17H2,1-2H3/t18-,19+,29+,30+/m0/s1. The topological polar surface area (TPSA) is 176 Å². The van der Waals surface area contributed by atoms with Crippen LogP contribution in [0.5, 0.6) is 11.5 Å². The van der Waals surface area contributed by atoms with E-state index in [9.17, 15) is 34.4 Å². The smallest absolute Gasteiger partial charge is 0.363 e. The summed E-state index contributed by atoms with van der Waals surface area (Å²) in [6, 6.07) is 19.2. The zero-order valence-electron chi connectivity index (χ0n) is 25.2. The van der Waals surface area contributed by atoms with Crippen LogP contribution in [0, 0.1) is 22.0 Å². The summed E-state index contributed by atoms with van der Waals surface area (Å²) >= 11 is 0. The van der Waals surface area contributed by atoms with E-state index in [1.807, 2.05) is 0 Å². The number of rotatable bonds is 10. The van der Waals surface area contributed by atoms with Gasteiger partial charge in [-0.15, -0.1) is 0 Å². The van der Waals surface area contributed by atoms with Crippen molar-refractivity contribution in [3.05, 3.63) is 122 Å². The molecule has 0 radical (unpaired) electrons. The highest BCUT2D eigenvalue weighted by atomic mass is 16.6. The number of carbonyl (C=O) groups is 3. The summed E-state index contributed by atoms with van der Waals surface area (Å²) in [7, 11) is 0. The number of non-ortho nitro benzene ring substituents is 1. The molecule has 3 heterocycles. The van der Waals surface area contributed by atoms with Gasteiger partial charge < -0.3 is 28.6 Å². The minimum absolute atomic E-state index is 0.0866. The lowest BCUT2D eigenvalue weighted by molar-refractivity contribution is -0.384. The van der Waals surface area contributed by atoms with Gasteiger partial charge in [-0.05, 0) is 43.3 Å². The molecule has 6 rings (SSSR count). The number of amides is 1. The van der Waals surface area contributed by atoms with Crippen LogP contribution in [-0.2, 0) is 20.9 Å². The molecule has 13 nitrogen and oxygen atoms in total. The van der Waals surface area contributed by atoms with Crippen LogP contribution < -0.4 is 15.1 Å². The Morgan fingerprint density at radius 3 is 2.43 bits per heavy atom. The number of fused-ring (bicyclic) bond motifs is 2. The Morgan fingerprint density at radius 2 is 1.70 bits per heavy atom. The van der Waals surface area contributed by atoms with Gasteiger partial charge in [0.15, 0.2) is 0 Å². The van der Waals surface area contributed by atoms with E-state index in [4.69, 9.17) is 18.6 Å². The van der Waals surface area contributed by atoms with Crippen molar-refractivity contribution in [2.75, 3.05) is 6.61 Å². The first kappa shape index (κ1) is 31.2. The van der Waals surface area contributed by atoms with E-state index in [1.165, 1.54) is 17.9 Å². The van der Waals surface area contributed by atoms with Crippen molar-refractivity contribution < 1.29 is 43.0 Å². The molecule has 0 aliphatic carbocycles. The van der Waals surface area contributed by atoms with Gasteiger partial charge in [-0.1, -0.05) is 25.1 Å². The zero-order chi connectivity index (χ0) is 33.4. The SMILES string of the molecule is C[C@@H](O)[C@H]1C(=O)N2C(C(=O)OC(=O)c3ccc([N+](=O)[O-])cc3)=C(COc3ccccc3COc3ccc4ccc(=O)oc4c3)[C@H](C)[C@H]12. The number of esters is 2. The maximum atomic E-state index is 13.5. The lowest BCUT2D eigenvalue weighted by Gasteiger charge is -2.46. The molecule has 1 saturated heterocycles. The number of carbonyl (C=O) groups excluding carboxylic acids is 3. The number of ether oxygens (including phenoxy) is 3. The van der Waals surface area contributed by atoms with Crippen molar-refractivity contribution in [2.24, 2.45) is 11.8 Å². The van der Waals surface area contributed by atoms with Crippen LogP contribution in [0.15, 0.2) is 99.3 Å². The largest absolute Gasteiger partial charge is 0.489 e. The van der Waals surface area contributed by atoms with Crippen LogP contribution in [0.1, 0.15) is 29.8 Å². The van der Waals surface area contributed by atoms with E-state index < -0.39 is 52.4 Å². The minimum Gasteiger partial charge on any atom is -0.489 e. The van der Waals surface area contributed by atoms with Crippen molar-refractivity contribution in [3.63, 3.8) is 0 Å². The highest BCUT2D eigenvalue weighted by Gasteiger charge is 2.60. The fourth-order valence-electron chi connectivity index (χ4n) is 5.95. The maximum absolute atomic E-state index is 13.5. The first-order valence-electron chi connectivity index (χ1n) is 14.7. The van der Waals surface area contributed by atoms with Crippen molar-refractivity contribution in [1.29, 1.82) is 0 Å². The molecule has 4 atom stereocenters. The van der Waals surface area contributed by atoms with E-state index >= 15 is 0 Å². The number of nitro benzene ring substituents is 1. The fourth-order valence-corrected chi connectivity index (χ4v) is 5.95. The van der Waals surface area contributed by atoms with Gasteiger partial charge >= 0.3 is 17.6 Å². The number of hydrogen-bond acceptors (Lipinski definition) is 11. The number of hydrogen-bond donors (Lipinski definition) is 1. The van der Waals surface area contributed by atoms with Gasteiger partial charge in [0.25, 0.3) is 5.69 Å². The molecule has 2 aliphatic rings. The predicted molar refractivity (Wildman–Crippen MR) is 164 cm³/mol. The molecule has 0 unspecified atom stereocenters. The summed E-state index contributed by atoms with van der Waals surface area (Å²) in [6.45, 7) is 3.23.